The highest BCUT2D eigenvalue weighted by Gasteiger charge is 2.22. The summed E-state index contributed by atoms with van der Waals surface area (Å²) in [5, 5.41) is 9.00. The Labute approximate surface area is 100 Å². The van der Waals surface area contributed by atoms with E-state index in [-0.39, 0.29) is 5.41 Å². The molecule has 0 saturated carbocycles. The molecule has 0 N–H and O–H groups in total. The van der Waals surface area contributed by atoms with Crippen LogP contribution in [0.1, 0.15) is 26.7 Å². The number of nitrogens with zero attached hydrogens (tertiary/aromatic N) is 3. The molecule has 0 bridgehead atoms. The van der Waals surface area contributed by atoms with E-state index in [0.717, 1.165) is 19.0 Å². The summed E-state index contributed by atoms with van der Waals surface area (Å²) in [5.74, 6) is 0.815. The Kier molecular flexibility index (Phi) is 4.76. The van der Waals surface area contributed by atoms with Crippen molar-refractivity contribution in [2.45, 2.75) is 26.7 Å². The fourth-order valence-corrected chi connectivity index (χ4v) is 2.46. The van der Waals surface area contributed by atoms with Gasteiger partial charge < -0.3 is 9.80 Å². The van der Waals surface area contributed by atoms with Gasteiger partial charge in [-0.25, -0.2) is 0 Å². The lowest BCUT2D eigenvalue weighted by Crippen LogP contribution is -2.38. The molecule has 1 aliphatic heterocycles. The molecule has 0 aliphatic carbocycles. The number of hydrogen-bond donors (Lipinski definition) is 0. The molecule has 1 rings (SSSR count). The molecule has 0 aromatic rings. The summed E-state index contributed by atoms with van der Waals surface area (Å²) in [6, 6.07) is 2.37. The minimum atomic E-state index is -0.222. The van der Waals surface area contributed by atoms with Crippen LogP contribution in [0, 0.1) is 22.7 Å². The molecule has 0 unspecified atom stereocenters. The molecule has 1 aliphatic rings. The summed E-state index contributed by atoms with van der Waals surface area (Å²) in [7, 11) is 4.33. The third kappa shape index (κ3) is 4.51. The Morgan fingerprint density at radius 2 is 1.94 bits per heavy atom. The Morgan fingerprint density at radius 3 is 2.44 bits per heavy atom. The molecule has 0 spiro atoms. The van der Waals surface area contributed by atoms with E-state index in [9.17, 15) is 0 Å². The number of nitriles is 1. The van der Waals surface area contributed by atoms with Gasteiger partial charge >= 0.3 is 0 Å². The largest absolute Gasteiger partial charge is 0.306 e. The van der Waals surface area contributed by atoms with Gasteiger partial charge in [0.05, 0.1) is 11.5 Å². The fourth-order valence-electron chi connectivity index (χ4n) is 2.46. The van der Waals surface area contributed by atoms with E-state index < -0.39 is 0 Å². The first-order chi connectivity index (χ1) is 7.43. The van der Waals surface area contributed by atoms with Gasteiger partial charge in [-0.15, -0.1) is 0 Å². The maximum atomic E-state index is 9.00. The molecular formula is C13H25N3. The minimum absolute atomic E-state index is 0.222. The summed E-state index contributed by atoms with van der Waals surface area (Å²) in [6.45, 7) is 8.48. The first-order valence-corrected chi connectivity index (χ1v) is 6.21. The minimum Gasteiger partial charge on any atom is -0.306 e. The predicted molar refractivity (Wildman–Crippen MR) is 67.1 cm³/mol. The SMILES string of the molecule is CN1CCC(CN(C)CC(C)(C)C#N)CC1. The van der Waals surface area contributed by atoms with Crippen LogP contribution in [0.25, 0.3) is 0 Å². The Bertz CT molecular complexity index is 246. The van der Waals surface area contributed by atoms with Crippen LogP contribution in [-0.2, 0) is 0 Å². The summed E-state index contributed by atoms with van der Waals surface area (Å²) in [6.07, 6.45) is 2.60. The standard InChI is InChI=1S/C13H25N3/c1-13(2,10-14)11-16(4)9-12-5-7-15(3)8-6-12/h12H,5-9,11H2,1-4H3. The smallest absolute Gasteiger partial charge is 0.0697 e. The zero-order chi connectivity index (χ0) is 12.2. The zero-order valence-corrected chi connectivity index (χ0v) is 11.2. The fraction of sp³-hybridized carbons (Fsp3) is 0.923. The van der Waals surface area contributed by atoms with Crippen LogP contribution in [0.15, 0.2) is 0 Å². The molecule has 3 nitrogen and oxygen atoms in total. The highest BCUT2D eigenvalue weighted by atomic mass is 15.1. The average Bonchev–Trinajstić information content (AvgIpc) is 2.21. The molecule has 3 heteroatoms. The molecule has 0 atom stereocenters. The van der Waals surface area contributed by atoms with Gasteiger partial charge in [0.25, 0.3) is 0 Å². The van der Waals surface area contributed by atoms with Crippen molar-refractivity contribution in [3.05, 3.63) is 0 Å². The second kappa shape index (κ2) is 5.65. The van der Waals surface area contributed by atoms with Gasteiger partial charge in [0, 0.05) is 13.1 Å². The normalized spacial score (nSPS) is 20.0. The number of rotatable bonds is 4. The van der Waals surface area contributed by atoms with Crippen LogP contribution < -0.4 is 0 Å². The van der Waals surface area contributed by atoms with Gasteiger partial charge in [-0.3, -0.25) is 0 Å². The zero-order valence-electron chi connectivity index (χ0n) is 11.2. The third-order valence-electron chi connectivity index (χ3n) is 3.38. The van der Waals surface area contributed by atoms with E-state index >= 15 is 0 Å². The summed E-state index contributed by atoms with van der Waals surface area (Å²) >= 11 is 0. The average molecular weight is 223 g/mol. The van der Waals surface area contributed by atoms with Crippen molar-refractivity contribution in [3.63, 3.8) is 0 Å². The molecule has 1 saturated heterocycles. The van der Waals surface area contributed by atoms with Crippen molar-refractivity contribution in [2.75, 3.05) is 40.3 Å². The lowest BCUT2D eigenvalue weighted by Gasteiger charge is -2.33. The molecule has 92 valence electrons. The van der Waals surface area contributed by atoms with E-state index in [4.69, 9.17) is 5.26 Å². The van der Waals surface area contributed by atoms with Gasteiger partial charge in [-0.1, -0.05) is 0 Å². The van der Waals surface area contributed by atoms with Crippen LogP contribution in [0.3, 0.4) is 0 Å². The molecule has 0 amide bonds. The first kappa shape index (κ1) is 13.5. The quantitative estimate of drug-likeness (QED) is 0.728. The van der Waals surface area contributed by atoms with Crippen LogP contribution >= 0.6 is 0 Å². The molecule has 1 heterocycles. The molecule has 0 aromatic heterocycles. The monoisotopic (exact) mass is 223 g/mol. The van der Waals surface area contributed by atoms with Crippen LogP contribution in [-0.4, -0.2) is 50.1 Å². The van der Waals surface area contributed by atoms with Crippen molar-refractivity contribution < 1.29 is 0 Å². The molecular weight excluding hydrogens is 198 g/mol. The van der Waals surface area contributed by atoms with Crippen LogP contribution in [0.2, 0.25) is 0 Å². The molecule has 0 radical (unpaired) electrons. The highest BCUT2D eigenvalue weighted by molar-refractivity contribution is 4.93. The third-order valence-corrected chi connectivity index (χ3v) is 3.38. The Hall–Kier alpha value is -0.590. The van der Waals surface area contributed by atoms with Crippen molar-refractivity contribution in [1.82, 2.24) is 9.80 Å². The second-order valence-corrected chi connectivity index (χ2v) is 5.94. The number of hydrogen-bond acceptors (Lipinski definition) is 3. The maximum Gasteiger partial charge on any atom is 0.0697 e. The Balaban J connectivity index is 2.29. The van der Waals surface area contributed by atoms with Crippen molar-refractivity contribution in [2.24, 2.45) is 11.3 Å². The van der Waals surface area contributed by atoms with Crippen LogP contribution in [0.5, 0.6) is 0 Å². The first-order valence-electron chi connectivity index (χ1n) is 6.21. The summed E-state index contributed by atoms with van der Waals surface area (Å²) in [4.78, 5) is 4.72. The molecule has 16 heavy (non-hydrogen) atoms. The predicted octanol–water partition coefficient (Wildman–Crippen LogP) is 1.81. The molecule has 1 fully saturated rings. The lowest BCUT2D eigenvalue weighted by atomic mass is 9.93. The van der Waals surface area contributed by atoms with Gasteiger partial charge in [0.1, 0.15) is 0 Å². The van der Waals surface area contributed by atoms with E-state index in [1.807, 2.05) is 13.8 Å². The lowest BCUT2D eigenvalue weighted by molar-refractivity contribution is 0.159. The van der Waals surface area contributed by atoms with E-state index in [0.29, 0.717) is 0 Å². The van der Waals surface area contributed by atoms with Crippen molar-refractivity contribution in [1.29, 1.82) is 5.26 Å². The number of likely N-dealkylation sites (tertiary alicyclic amines) is 1. The van der Waals surface area contributed by atoms with Crippen LogP contribution in [0.4, 0.5) is 0 Å². The summed E-state index contributed by atoms with van der Waals surface area (Å²) < 4.78 is 0. The van der Waals surface area contributed by atoms with E-state index in [1.165, 1.54) is 25.9 Å². The van der Waals surface area contributed by atoms with E-state index in [1.54, 1.807) is 0 Å². The summed E-state index contributed by atoms with van der Waals surface area (Å²) in [5.41, 5.74) is -0.222. The van der Waals surface area contributed by atoms with Crippen molar-refractivity contribution in [3.8, 4) is 6.07 Å². The highest BCUT2D eigenvalue weighted by Crippen LogP contribution is 2.19. The van der Waals surface area contributed by atoms with Gasteiger partial charge in [-0.2, -0.15) is 5.26 Å². The maximum absolute atomic E-state index is 9.00. The van der Waals surface area contributed by atoms with E-state index in [2.05, 4.69) is 30.0 Å². The van der Waals surface area contributed by atoms with Gasteiger partial charge in [0.2, 0.25) is 0 Å². The molecule has 0 aromatic carbocycles. The topological polar surface area (TPSA) is 30.3 Å². The van der Waals surface area contributed by atoms with Gasteiger partial charge in [-0.05, 0) is 59.8 Å². The second-order valence-electron chi connectivity index (χ2n) is 5.94. The van der Waals surface area contributed by atoms with Gasteiger partial charge in [0.15, 0.2) is 0 Å². The number of piperidine rings is 1. The van der Waals surface area contributed by atoms with Crippen molar-refractivity contribution >= 4 is 0 Å². The Morgan fingerprint density at radius 1 is 1.38 bits per heavy atom.